The van der Waals surface area contributed by atoms with Crippen molar-refractivity contribution >= 4 is 22.4 Å². The van der Waals surface area contributed by atoms with Gasteiger partial charge in [-0.1, -0.05) is 24.3 Å². The van der Waals surface area contributed by atoms with Crippen LogP contribution in [0.25, 0.3) is 0 Å². The van der Waals surface area contributed by atoms with E-state index >= 15 is 0 Å². The van der Waals surface area contributed by atoms with E-state index in [-0.39, 0.29) is 11.1 Å². The molecule has 0 unspecified atom stereocenters. The van der Waals surface area contributed by atoms with E-state index in [0.717, 1.165) is 21.7 Å². The lowest BCUT2D eigenvalue weighted by atomic mass is 10.1. The molecule has 128 valence electrons. The average Bonchev–Trinajstić information content (AvgIpc) is 2.89. The molecular weight excluding hydrogens is 334 g/mol. The number of pyridine rings is 1. The van der Waals surface area contributed by atoms with Gasteiger partial charge < -0.3 is 4.57 Å². The fourth-order valence-electron chi connectivity index (χ4n) is 2.50. The van der Waals surface area contributed by atoms with Crippen molar-refractivity contribution in [1.82, 2.24) is 9.55 Å². The summed E-state index contributed by atoms with van der Waals surface area (Å²) >= 11 is 1.40. The largest absolute Gasteiger partial charge is 0.310 e. The van der Waals surface area contributed by atoms with Crippen molar-refractivity contribution in [3.8, 4) is 0 Å². The van der Waals surface area contributed by atoms with E-state index in [1.165, 1.54) is 11.3 Å². The summed E-state index contributed by atoms with van der Waals surface area (Å²) in [7, 11) is 0. The highest BCUT2D eigenvalue weighted by Gasteiger charge is 2.15. The molecule has 0 atom stereocenters. The Morgan fingerprint density at radius 1 is 1.16 bits per heavy atom. The number of anilines is 1. The number of carbonyl (C=O) groups is 1. The van der Waals surface area contributed by atoms with E-state index < -0.39 is 5.91 Å². The van der Waals surface area contributed by atoms with Crippen LogP contribution in [0.4, 0.5) is 5.13 Å². The molecule has 3 rings (SSSR count). The first-order valence-corrected chi connectivity index (χ1v) is 8.76. The Morgan fingerprint density at radius 3 is 2.60 bits per heavy atom. The fourth-order valence-corrected chi connectivity index (χ4v) is 3.31. The number of amides is 1. The molecule has 0 aliphatic rings. The first-order valence-electron chi connectivity index (χ1n) is 7.95. The van der Waals surface area contributed by atoms with Gasteiger partial charge in [-0.15, -0.1) is 11.3 Å². The molecule has 0 radical (unpaired) electrons. The van der Waals surface area contributed by atoms with Crippen LogP contribution < -0.4 is 10.9 Å². The molecule has 25 heavy (non-hydrogen) atoms. The van der Waals surface area contributed by atoms with Gasteiger partial charge >= 0.3 is 0 Å². The summed E-state index contributed by atoms with van der Waals surface area (Å²) in [6, 6.07) is 11.1. The van der Waals surface area contributed by atoms with Gasteiger partial charge in [0.1, 0.15) is 5.56 Å². The zero-order chi connectivity index (χ0) is 18.0. The third-order valence-corrected chi connectivity index (χ3v) is 5.10. The second kappa shape index (κ2) is 7.03. The Labute approximate surface area is 150 Å². The molecule has 5 nitrogen and oxygen atoms in total. The lowest BCUT2D eigenvalue weighted by Gasteiger charge is -2.10. The Hall–Kier alpha value is -2.73. The van der Waals surface area contributed by atoms with Crippen LogP contribution in [0.1, 0.15) is 32.1 Å². The second-order valence-corrected chi connectivity index (χ2v) is 7.10. The number of carbonyl (C=O) groups excluding carboxylic acids is 1. The molecule has 0 bridgehead atoms. The van der Waals surface area contributed by atoms with Crippen molar-refractivity contribution in [2.24, 2.45) is 0 Å². The van der Waals surface area contributed by atoms with E-state index in [2.05, 4.69) is 10.3 Å². The number of hydrogen-bond donors (Lipinski definition) is 1. The summed E-state index contributed by atoms with van der Waals surface area (Å²) < 4.78 is 1.55. The van der Waals surface area contributed by atoms with Gasteiger partial charge in [0, 0.05) is 11.1 Å². The van der Waals surface area contributed by atoms with Crippen molar-refractivity contribution in [2.45, 2.75) is 27.3 Å². The summed E-state index contributed by atoms with van der Waals surface area (Å²) in [5.74, 6) is -0.433. The number of thiazole rings is 1. The summed E-state index contributed by atoms with van der Waals surface area (Å²) in [4.78, 5) is 30.5. The fraction of sp³-hybridized carbons (Fsp3) is 0.211. The molecule has 0 saturated carbocycles. The third-order valence-electron chi connectivity index (χ3n) is 4.12. The van der Waals surface area contributed by atoms with Crippen molar-refractivity contribution in [2.75, 3.05) is 5.32 Å². The molecule has 1 amide bonds. The Morgan fingerprint density at radius 2 is 1.92 bits per heavy atom. The maximum absolute atomic E-state index is 12.7. The molecule has 2 aromatic heterocycles. The zero-order valence-corrected chi connectivity index (χ0v) is 15.2. The van der Waals surface area contributed by atoms with E-state index in [9.17, 15) is 9.59 Å². The van der Waals surface area contributed by atoms with Crippen molar-refractivity contribution in [1.29, 1.82) is 0 Å². The Kier molecular flexibility index (Phi) is 4.81. The van der Waals surface area contributed by atoms with Gasteiger partial charge in [-0.25, -0.2) is 4.98 Å². The van der Waals surface area contributed by atoms with Crippen LogP contribution in [-0.4, -0.2) is 15.5 Å². The van der Waals surface area contributed by atoms with Crippen LogP contribution in [-0.2, 0) is 6.54 Å². The predicted octanol–water partition coefficient (Wildman–Crippen LogP) is 3.53. The molecular formula is C19H19N3O2S. The number of nitrogens with zero attached hydrogens (tertiary/aromatic N) is 2. The lowest BCUT2D eigenvalue weighted by Crippen LogP contribution is -2.29. The van der Waals surface area contributed by atoms with Crippen LogP contribution >= 0.6 is 11.3 Å². The molecule has 2 heterocycles. The Bertz CT molecular complexity index is 969. The molecule has 0 saturated heterocycles. The zero-order valence-electron chi connectivity index (χ0n) is 14.4. The lowest BCUT2D eigenvalue weighted by molar-refractivity contribution is 0.102. The highest BCUT2D eigenvalue weighted by molar-refractivity contribution is 7.15. The standard InChI is InChI=1S/C19H19N3O2S/c1-12-7-4-5-8-15(12)11-22-10-6-9-16(18(22)24)17(23)21-19-20-13(2)14(3)25-19/h4-10H,11H2,1-3H3,(H,20,21,23). The SMILES string of the molecule is Cc1ccccc1Cn1cccc(C(=O)Nc2nc(C)c(C)s2)c1=O. The monoisotopic (exact) mass is 353 g/mol. The highest BCUT2D eigenvalue weighted by atomic mass is 32.1. The number of nitrogens with one attached hydrogen (secondary N) is 1. The predicted molar refractivity (Wildman–Crippen MR) is 101 cm³/mol. The first-order chi connectivity index (χ1) is 12.0. The van der Waals surface area contributed by atoms with Gasteiger partial charge in [0.15, 0.2) is 5.13 Å². The molecule has 0 fully saturated rings. The van der Waals surface area contributed by atoms with E-state index in [4.69, 9.17) is 0 Å². The minimum Gasteiger partial charge on any atom is -0.310 e. The van der Waals surface area contributed by atoms with Crippen LogP contribution in [0.2, 0.25) is 0 Å². The van der Waals surface area contributed by atoms with E-state index in [1.54, 1.807) is 22.9 Å². The van der Waals surface area contributed by atoms with Crippen LogP contribution in [0.15, 0.2) is 47.4 Å². The molecule has 1 aromatic carbocycles. The van der Waals surface area contributed by atoms with Gasteiger partial charge in [0.05, 0.1) is 12.2 Å². The van der Waals surface area contributed by atoms with Crippen molar-refractivity contribution in [3.63, 3.8) is 0 Å². The van der Waals surface area contributed by atoms with Crippen LogP contribution in [0.3, 0.4) is 0 Å². The average molecular weight is 353 g/mol. The molecule has 0 aliphatic carbocycles. The van der Waals surface area contributed by atoms with Crippen LogP contribution in [0.5, 0.6) is 0 Å². The first kappa shape index (κ1) is 17.1. The van der Waals surface area contributed by atoms with Crippen molar-refractivity contribution in [3.05, 3.63) is 80.2 Å². The highest BCUT2D eigenvalue weighted by Crippen LogP contribution is 2.21. The number of benzene rings is 1. The smallest absolute Gasteiger partial charge is 0.263 e. The Balaban J connectivity index is 1.86. The maximum Gasteiger partial charge on any atom is 0.263 e. The molecule has 0 aliphatic heterocycles. The third kappa shape index (κ3) is 3.69. The summed E-state index contributed by atoms with van der Waals surface area (Å²) in [6.07, 6.45) is 1.70. The second-order valence-electron chi connectivity index (χ2n) is 5.90. The molecule has 1 N–H and O–H groups in total. The van der Waals surface area contributed by atoms with Crippen LogP contribution in [0, 0.1) is 20.8 Å². The molecule has 6 heteroatoms. The van der Waals surface area contributed by atoms with Crippen molar-refractivity contribution < 1.29 is 4.79 Å². The number of rotatable bonds is 4. The van der Waals surface area contributed by atoms with Gasteiger partial charge in [-0.3, -0.25) is 14.9 Å². The summed E-state index contributed by atoms with van der Waals surface area (Å²) in [5, 5.41) is 3.23. The van der Waals surface area contributed by atoms with E-state index in [0.29, 0.717) is 11.7 Å². The van der Waals surface area contributed by atoms with Gasteiger partial charge in [-0.05, 0) is 44.0 Å². The normalized spacial score (nSPS) is 10.7. The molecule has 3 aromatic rings. The molecule has 0 spiro atoms. The van der Waals surface area contributed by atoms with Gasteiger partial charge in [0.2, 0.25) is 0 Å². The number of hydrogen-bond acceptors (Lipinski definition) is 4. The minimum atomic E-state index is -0.433. The number of aryl methyl sites for hydroxylation is 3. The summed E-state index contributed by atoms with van der Waals surface area (Å²) in [6.45, 7) is 6.27. The maximum atomic E-state index is 12.7. The topological polar surface area (TPSA) is 64.0 Å². The van der Waals surface area contributed by atoms with Gasteiger partial charge in [-0.2, -0.15) is 0 Å². The van der Waals surface area contributed by atoms with Gasteiger partial charge in [0.25, 0.3) is 11.5 Å². The van der Waals surface area contributed by atoms with E-state index in [1.807, 2.05) is 45.0 Å². The summed E-state index contributed by atoms with van der Waals surface area (Å²) in [5.41, 5.74) is 2.84. The minimum absolute atomic E-state index is 0.113. The number of aromatic nitrogens is 2. The quantitative estimate of drug-likeness (QED) is 0.780.